The van der Waals surface area contributed by atoms with E-state index < -0.39 is 23.9 Å². The van der Waals surface area contributed by atoms with Gasteiger partial charge in [0.05, 0.1) is 37.8 Å². The van der Waals surface area contributed by atoms with E-state index in [1.807, 2.05) is 190 Å². The first-order valence-corrected chi connectivity index (χ1v) is 42.1. The van der Waals surface area contributed by atoms with E-state index in [0.717, 1.165) is 33.4 Å². The van der Waals surface area contributed by atoms with Crippen LogP contribution in [0.15, 0.2) is 206 Å². The number of furan rings is 3. The highest BCUT2D eigenvalue weighted by atomic mass is 35.5. The first kappa shape index (κ1) is 83.2. The van der Waals surface area contributed by atoms with Gasteiger partial charge in [-0.2, -0.15) is 34.0 Å². The standard InChI is InChI=1S/C30H31ClN4O3S.C30H31FN4O3S.C29H29ClN4O3S/c2*1-18(2)26(34(13-4-12-32)29(36)21-7-5-19(3)6-8-21)28-33-25-23-15-22(31)9-10-24(23)38-27(25)30(37)35(28)16-20-11-14-39-17-20;1-17(2)25(33(12-11-31)28(35)20-6-4-18(3)5-7-20)27-32-24-22-14-21(30)8-9-23(22)37-26(24)29(36)34(27)15-19-10-13-38-16-19/h2*5-11,14-15,17-18,26H,4,12-13,16,32H2,1-3H3;4-10,13-14,16-17,25H,11-12,15,31H2,1-3H3. The van der Waals surface area contributed by atoms with E-state index in [9.17, 15) is 33.2 Å². The summed E-state index contributed by atoms with van der Waals surface area (Å²) in [4.78, 5) is 104. The van der Waals surface area contributed by atoms with Crippen molar-refractivity contribution in [3.8, 4) is 0 Å². The Labute approximate surface area is 691 Å². The molecule has 9 aromatic heterocycles. The fourth-order valence-electron chi connectivity index (χ4n) is 14.7. The molecule has 21 nitrogen and oxygen atoms in total. The molecule has 0 radical (unpaired) electrons. The van der Waals surface area contributed by atoms with Crippen LogP contribution in [0.25, 0.3) is 66.2 Å². The summed E-state index contributed by atoms with van der Waals surface area (Å²) in [6, 6.07) is 41.3. The van der Waals surface area contributed by atoms with Gasteiger partial charge in [0.15, 0.2) is 0 Å². The van der Waals surface area contributed by atoms with Gasteiger partial charge in [0.25, 0.3) is 34.4 Å². The third-order valence-corrected chi connectivity index (χ3v) is 23.1. The number of nitrogens with zero attached hydrogens (tertiary/aromatic N) is 9. The Morgan fingerprint density at radius 2 is 0.724 bits per heavy atom. The van der Waals surface area contributed by atoms with Crippen LogP contribution in [0.2, 0.25) is 10.0 Å². The third kappa shape index (κ3) is 17.8. The zero-order chi connectivity index (χ0) is 82.3. The van der Waals surface area contributed by atoms with E-state index >= 15 is 0 Å². The molecule has 15 rings (SSSR count). The van der Waals surface area contributed by atoms with E-state index in [1.165, 1.54) is 29.5 Å². The van der Waals surface area contributed by atoms with Crippen LogP contribution in [0.1, 0.15) is 154 Å². The summed E-state index contributed by atoms with van der Waals surface area (Å²) < 4.78 is 37.0. The number of halogens is 3. The number of nitrogens with two attached hydrogens (primary N) is 3. The average molecular weight is 1660 g/mol. The van der Waals surface area contributed by atoms with Crippen LogP contribution in [0.3, 0.4) is 0 Å². The number of carbonyl (C=O) groups excluding carboxylic acids is 3. The fourth-order valence-corrected chi connectivity index (χ4v) is 17.0. The Hall–Kier alpha value is -10.7. The quantitative estimate of drug-likeness (QED) is 0.0454. The van der Waals surface area contributed by atoms with Crippen LogP contribution in [-0.2, 0) is 19.6 Å². The van der Waals surface area contributed by atoms with Crippen LogP contribution in [-0.4, -0.2) is 100 Å². The van der Waals surface area contributed by atoms with Crippen molar-refractivity contribution in [1.29, 1.82) is 0 Å². The van der Waals surface area contributed by atoms with Gasteiger partial charge in [0.1, 0.15) is 56.6 Å². The van der Waals surface area contributed by atoms with Crippen molar-refractivity contribution in [2.24, 2.45) is 35.0 Å². The summed E-state index contributed by atoms with van der Waals surface area (Å²) in [6.45, 7) is 21.2. The van der Waals surface area contributed by atoms with Gasteiger partial charge in [0, 0.05) is 69.1 Å². The second-order valence-corrected chi connectivity index (χ2v) is 33.2. The lowest BCUT2D eigenvalue weighted by Crippen LogP contribution is -2.43. The maximum absolute atomic E-state index is 14.2. The number of benzene rings is 6. The van der Waals surface area contributed by atoms with Crippen molar-refractivity contribution in [3.63, 3.8) is 0 Å². The van der Waals surface area contributed by atoms with Gasteiger partial charge < -0.3 is 45.2 Å². The molecule has 27 heteroatoms. The molecule has 15 aromatic rings. The van der Waals surface area contributed by atoms with Crippen LogP contribution in [0, 0.1) is 44.3 Å². The molecule has 600 valence electrons. The highest BCUT2D eigenvalue weighted by Gasteiger charge is 2.38. The largest absolute Gasteiger partial charge is 0.448 e. The van der Waals surface area contributed by atoms with Crippen molar-refractivity contribution in [2.45, 2.75) is 113 Å². The van der Waals surface area contributed by atoms with Gasteiger partial charge in [0.2, 0.25) is 16.7 Å². The number of aromatic nitrogens is 6. The first-order chi connectivity index (χ1) is 55.8. The summed E-state index contributed by atoms with van der Waals surface area (Å²) >= 11 is 17.3. The smallest absolute Gasteiger partial charge is 0.297 e. The summed E-state index contributed by atoms with van der Waals surface area (Å²) in [6.07, 6.45) is 1.19. The molecule has 0 saturated heterocycles. The lowest BCUT2D eigenvalue weighted by atomic mass is 9.98. The molecule has 0 spiro atoms. The number of carbonyl (C=O) groups is 3. The van der Waals surface area contributed by atoms with E-state index in [1.54, 1.807) is 82.6 Å². The highest BCUT2D eigenvalue weighted by Crippen LogP contribution is 2.39. The number of hydrogen-bond donors (Lipinski definition) is 3. The van der Waals surface area contributed by atoms with Crippen LogP contribution >= 0.6 is 57.2 Å². The van der Waals surface area contributed by atoms with Crippen molar-refractivity contribution in [3.05, 3.63) is 292 Å². The molecule has 3 amide bonds. The van der Waals surface area contributed by atoms with Gasteiger partial charge in [-0.3, -0.25) is 42.5 Å². The second kappa shape index (κ2) is 36.6. The summed E-state index contributed by atoms with van der Waals surface area (Å²) in [5.41, 5.74) is 27.6. The van der Waals surface area contributed by atoms with Crippen molar-refractivity contribution in [2.75, 3.05) is 39.3 Å². The van der Waals surface area contributed by atoms with Crippen LogP contribution < -0.4 is 33.9 Å². The average Bonchev–Trinajstić information content (AvgIpc) is 1.56. The third-order valence-electron chi connectivity index (χ3n) is 20.4. The Balaban J connectivity index is 0.000000151. The van der Waals surface area contributed by atoms with E-state index in [0.29, 0.717) is 152 Å². The molecule has 0 fully saturated rings. The zero-order valence-electron chi connectivity index (χ0n) is 65.9. The molecule has 9 heterocycles. The number of thiophene rings is 3. The van der Waals surface area contributed by atoms with Gasteiger partial charge >= 0.3 is 0 Å². The number of fused-ring (bicyclic) bond motifs is 9. The van der Waals surface area contributed by atoms with Gasteiger partial charge in [-0.1, -0.05) is 118 Å². The van der Waals surface area contributed by atoms with Crippen molar-refractivity contribution < 1.29 is 32.0 Å². The van der Waals surface area contributed by atoms with E-state index in [4.69, 9.17) is 68.6 Å². The monoisotopic (exact) mass is 1660 g/mol. The minimum absolute atomic E-state index is 0.0583. The van der Waals surface area contributed by atoms with E-state index in [2.05, 4.69) is 0 Å². The minimum atomic E-state index is -0.556. The number of amides is 3. The Kier molecular flexibility index (Phi) is 26.3. The predicted molar refractivity (Wildman–Crippen MR) is 463 cm³/mol. The van der Waals surface area contributed by atoms with Crippen LogP contribution in [0.4, 0.5) is 4.39 Å². The Morgan fingerprint density at radius 1 is 0.422 bits per heavy atom. The molecule has 3 unspecified atom stereocenters. The molecule has 116 heavy (non-hydrogen) atoms. The Morgan fingerprint density at radius 3 is 1.01 bits per heavy atom. The Bertz CT molecular complexity index is 5950. The summed E-state index contributed by atoms with van der Waals surface area (Å²) in [5, 5.41) is 14.7. The summed E-state index contributed by atoms with van der Waals surface area (Å²) in [7, 11) is 0. The van der Waals surface area contributed by atoms with Gasteiger partial charge in [-0.25, -0.2) is 19.3 Å². The fraction of sp³-hybridized carbons (Fsp3) is 0.292. The molecular weight excluding hydrogens is 1570 g/mol. The van der Waals surface area contributed by atoms with Crippen molar-refractivity contribution >= 4 is 141 Å². The SMILES string of the molecule is Cc1ccc(C(=O)N(CCCN)C(c2nc3c(oc4ccc(Cl)cc43)c(=O)n2Cc2ccsc2)C(C)C)cc1.Cc1ccc(C(=O)N(CCCN)C(c2nc3c(oc4ccc(F)cc43)c(=O)n2Cc2ccsc2)C(C)C)cc1.Cc1ccc(C(=O)N(CCN)C(c2nc3c(oc4ccc(Cl)cc43)c(=O)n2Cc2ccsc2)C(C)C)cc1. The summed E-state index contributed by atoms with van der Waals surface area (Å²) in [5.74, 6) is 0.284. The molecule has 6 N–H and O–H groups in total. The maximum atomic E-state index is 14.2. The number of hydrogen-bond acceptors (Lipinski definition) is 18. The molecule has 0 saturated carbocycles. The highest BCUT2D eigenvalue weighted by molar-refractivity contribution is 7.08. The number of aryl methyl sites for hydroxylation is 3. The van der Waals surface area contributed by atoms with E-state index in [-0.39, 0.29) is 82.0 Å². The van der Waals surface area contributed by atoms with Gasteiger partial charge in [-0.15, -0.1) is 0 Å². The molecule has 0 bridgehead atoms. The lowest BCUT2D eigenvalue weighted by Gasteiger charge is -2.35. The van der Waals surface area contributed by atoms with Gasteiger partial charge in [-0.05, 0) is 223 Å². The number of rotatable bonds is 26. The predicted octanol–water partition coefficient (Wildman–Crippen LogP) is 18.3. The molecular formula is C89H91Cl2FN12O9S3. The lowest BCUT2D eigenvalue weighted by molar-refractivity contribution is 0.0596. The minimum Gasteiger partial charge on any atom is -0.448 e. The second-order valence-electron chi connectivity index (χ2n) is 30.0. The zero-order valence-corrected chi connectivity index (χ0v) is 69.8. The normalized spacial score (nSPS) is 12.5. The molecule has 0 aliphatic heterocycles. The molecule has 0 aliphatic rings. The first-order valence-electron chi connectivity index (χ1n) is 38.5. The molecule has 6 aromatic carbocycles. The molecule has 3 atom stereocenters. The molecule has 0 aliphatic carbocycles. The topological polar surface area (TPSA) is 283 Å². The van der Waals surface area contributed by atoms with Crippen LogP contribution in [0.5, 0.6) is 0 Å². The van der Waals surface area contributed by atoms with Crippen molar-refractivity contribution in [1.82, 2.24) is 43.4 Å². The maximum Gasteiger partial charge on any atom is 0.297 e.